The number of rotatable bonds is 5. The number of carbonyl (C=O) groups is 1. The van der Waals surface area contributed by atoms with Gasteiger partial charge in [0.25, 0.3) is 5.91 Å². The van der Waals surface area contributed by atoms with Crippen molar-refractivity contribution in [3.63, 3.8) is 0 Å². The predicted molar refractivity (Wildman–Crippen MR) is 96.5 cm³/mol. The number of hydrogen-bond acceptors (Lipinski definition) is 5. The number of nitrogens with zero attached hydrogens (tertiary/aromatic N) is 4. The number of aryl methyl sites for hydroxylation is 2. The van der Waals surface area contributed by atoms with Crippen LogP contribution in [0.2, 0.25) is 0 Å². The van der Waals surface area contributed by atoms with Crippen molar-refractivity contribution >= 4 is 17.2 Å². The van der Waals surface area contributed by atoms with Crippen LogP contribution in [0.25, 0.3) is 0 Å². The highest BCUT2D eigenvalue weighted by atomic mass is 32.1. The zero-order valence-electron chi connectivity index (χ0n) is 14.8. The number of likely N-dealkylation sites (tertiary alicyclic amines) is 1. The number of aromatic nitrogens is 2. The van der Waals surface area contributed by atoms with Gasteiger partial charge in [-0.2, -0.15) is 0 Å². The molecule has 2 aromatic rings. The molecule has 1 fully saturated rings. The van der Waals surface area contributed by atoms with Gasteiger partial charge in [0, 0.05) is 50.0 Å². The fourth-order valence-electron chi connectivity index (χ4n) is 3.21. The summed E-state index contributed by atoms with van der Waals surface area (Å²) >= 11 is 1.60. The number of alkyl halides is 1. The Hall–Kier alpha value is -1.86. The highest BCUT2D eigenvalue weighted by Gasteiger charge is 2.34. The monoisotopic (exact) mass is 362 g/mol. The van der Waals surface area contributed by atoms with Gasteiger partial charge >= 0.3 is 0 Å². The molecule has 0 radical (unpaired) electrons. The smallest absolute Gasteiger partial charge is 0.255 e. The van der Waals surface area contributed by atoms with Gasteiger partial charge in [0.1, 0.15) is 6.17 Å². The number of hydrogen-bond donors (Lipinski definition) is 0. The maximum Gasteiger partial charge on any atom is 0.255 e. The van der Waals surface area contributed by atoms with Crippen molar-refractivity contribution in [3.8, 4) is 0 Å². The van der Waals surface area contributed by atoms with Gasteiger partial charge in [-0.3, -0.25) is 14.7 Å². The van der Waals surface area contributed by atoms with E-state index in [0.29, 0.717) is 31.6 Å². The van der Waals surface area contributed by atoms with E-state index in [4.69, 9.17) is 0 Å². The summed E-state index contributed by atoms with van der Waals surface area (Å²) in [6.45, 7) is 5.38. The van der Waals surface area contributed by atoms with Crippen molar-refractivity contribution in [1.82, 2.24) is 19.8 Å². The van der Waals surface area contributed by atoms with Crippen LogP contribution in [0.5, 0.6) is 0 Å². The summed E-state index contributed by atoms with van der Waals surface area (Å²) in [5.74, 6) is -0.0840. The largest absolute Gasteiger partial charge is 0.340 e. The summed E-state index contributed by atoms with van der Waals surface area (Å²) in [5, 5.41) is 3.03. The molecule has 0 bridgehead atoms. The minimum absolute atomic E-state index is 0.00404. The molecule has 134 valence electrons. The first-order chi connectivity index (χ1) is 11.9. The van der Waals surface area contributed by atoms with Crippen molar-refractivity contribution in [2.24, 2.45) is 0 Å². The molecule has 2 aromatic heterocycles. The van der Waals surface area contributed by atoms with Gasteiger partial charge in [0.15, 0.2) is 0 Å². The second-order valence-corrected chi connectivity index (χ2v) is 7.71. The van der Waals surface area contributed by atoms with Crippen LogP contribution in [-0.2, 0) is 6.54 Å². The van der Waals surface area contributed by atoms with E-state index in [1.54, 1.807) is 35.5 Å². The van der Waals surface area contributed by atoms with E-state index < -0.39 is 6.17 Å². The lowest BCUT2D eigenvalue weighted by atomic mass is 10.1. The van der Waals surface area contributed by atoms with E-state index >= 15 is 0 Å². The third kappa shape index (κ3) is 4.41. The fourth-order valence-corrected chi connectivity index (χ4v) is 3.81. The molecule has 1 aliphatic heterocycles. The van der Waals surface area contributed by atoms with E-state index in [2.05, 4.69) is 14.9 Å². The van der Waals surface area contributed by atoms with Gasteiger partial charge in [-0.25, -0.2) is 9.37 Å². The number of pyridine rings is 1. The number of carbonyl (C=O) groups excluding carboxylic acids is 1. The first kappa shape index (κ1) is 17.9. The van der Waals surface area contributed by atoms with Crippen LogP contribution >= 0.6 is 11.3 Å². The highest BCUT2D eigenvalue weighted by Crippen LogP contribution is 2.24. The van der Waals surface area contributed by atoms with Crippen LogP contribution in [-0.4, -0.2) is 58.0 Å². The average molecular weight is 362 g/mol. The summed E-state index contributed by atoms with van der Waals surface area (Å²) in [6.07, 6.45) is 1.19. The lowest BCUT2D eigenvalue weighted by molar-refractivity contribution is 0.0749. The van der Waals surface area contributed by atoms with Crippen molar-refractivity contribution in [2.75, 3.05) is 20.1 Å². The standard InChI is InChI=1S/C18H23FN4OS/c1-12-4-5-14(7-20-12)18(24)22(3)10-17-6-15(19)8-23(17)9-16-11-25-13(2)21-16/h4-5,7,11,15,17H,6,8-10H2,1-3H3/t15-,17-/m0/s1. The number of amides is 1. The molecule has 7 heteroatoms. The zero-order valence-corrected chi connectivity index (χ0v) is 15.6. The quantitative estimate of drug-likeness (QED) is 0.821. The van der Waals surface area contributed by atoms with Crippen molar-refractivity contribution in [3.05, 3.63) is 45.7 Å². The second-order valence-electron chi connectivity index (χ2n) is 6.65. The lowest BCUT2D eigenvalue weighted by Gasteiger charge is -2.28. The third-order valence-electron chi connectivity index (χ3n) is 4.50. The number of halogens is 1. The van der Waals surface area contributed by atoms with Gasteiger partial charge in [0.2, 0.25) is 0 Å². The van der Waals surface area contributed by atoms with Crippen LogP contribution in [0.1, 0.15) is 33.2 Å². The summed E-state index contributed by atoms with van der Waals surface area (Å²) in [4.78, 5) is 25.0. The average Bonchev–Trinajstić information content (AvgIpc) is 3.13. The SMILES string of the molecule is Cc1ccc(C(=O)N(C)C[C@@H]2C[C@H](F)CN2Cc2csc(C)n2)cn1. The molecule has 3 rings (SSSR count). The fraction of sp³-hybridized carbons (Fsp3) is 0.500. The first-order valence-electron chi connectivity index (χ1n) is 8.39. The molecule has 1 aliphatic rings. The molecule has 2 atom stereocenters. The lowest BCUT2D eigenvalue weighted by Crippen LogP contribution is -2.41. The molecular weight excluding hydrogens is 339 g/mol. The number of likely N-dealkylation sites (N-methyl/N-ethyl adjacent to an activating group) is 1. The Balaban J connectivity index is 1.64. The Kier molecular flexibility index (Phi) is 5.44. The zero-order chi connectivity index (χ0) is 18.0. The Labute approximate surface area is 151 Å². The topological polar surface area (TPSA) is 49.3 Å². The molecule has 0 saturated carbocycles. The predicted octanol–water partition coefficient (Wildman–Crippen LogP) is 2.84. The Bertz CT molecular complexity index is 733. The molecule has 1 saturated heterocycles. The molecule has 1 amide bonds. The highest BCUT2D eigenvalue weighted by molar-refractivity contribution is 7.09. The van der Waals surface area contributed by atoms with Gasteiger partial charge in [-0.15, -0.1) is 11.3 Å². The third-order valence-corrected chi connectivity index (χ3v) is 5.32. The molecule has 0 N–H and O–H groups in total. The van der Waals surface area contributed by atoms with Crippen molar-refractivity contribution in [1.29, 1.82) is 0 Å². The Morgan fingerprint density at radius 3 is 2.88 bits per heavy atom. The molecular formula is C18H23FN4OS. The van der Waals surface area contributed by atoms with Crippen LogP contribution in [0.4, 0.5) is 4.39 Å². The van der Waals surface area contributed by atoms with Crippen molar-refractivity contribution in [2.45, 2.75) is 39.0 Å². The van der Waals surface area contributed by atoms with Crippen LogP contribution in [0.3, 0.4) is 0 Å². The summed E-state index contributed by atoms with van der Waals surface area (Å²) in [7, 11) is 1.76. The maximum atomic E-state index is 14.0. The molecule has 3 heterocycles. The molecule has 0 aliphatic carbocycles. The number of thiazole rings is 1. The van der Waals surface area contributed by atoms with E-state index in [1.807, 2.05) is 25.3 Å². The van der Waals surface area contributed by atoms with Gasteiger partial charge < -0.3 is 4.90 Å². The van der Waals surface area contributed by atoms with E-state index in [-0.39, 0.29) is 11.9 Å². The van der Waals surface area contributed by atoms with E-state index in [9.17, 15) is 9.18 Å². The van der Waals surface area contributed by atoms with Gasteiger partial charge in [-0.1, -0.05) is 0 Å². The van der Waals surface area contributed by atoms with Crippen LogP contribution in [0.15, 0.2) is 23.7 Å². The van der Waals surface area contributed by atoms with Crippen LogP contribution in [0, 0.1) is 13.8 Å². The Morgan fingerprint density at radius 2 is 2.24 bits per heavy atom. The van der Waals surface area contributed by atoms with E-state index in [0.717, 1.165) is 16.4 Å². The molecule has 0 aromatic carbocycles. The molecule has 25 heavy (non-hydrogen) atoms. The van der Waals surface area contributed by atoms with Crippen molar-refractivity contribution < 1.29 is 9.18 Å². The molecule has 5 nitrogen and oxygen atoms in total. The minimum atomic E-state index is -0.853. The van der Waals surface area contributed by atoms with Crippen LogP contribution < -0.4 is 0 Å². The first-order valence-corrected chi connectivity index (χ1v) is 9.27. The summed E-state index contributed by atoms with van der Waals surface area (Å²) < 4.78 is 14.0. The summed E-state index contributed by atoms with van der Waals surface area (Å²) in [5.41, 5.74) is 2.41. The maximum absolute atomic E-state index is 14.0. The normalized spacial score (nSPS) is 20.8. The van der Waals surface area contributed by atoms with Gasteiger partial charge in [0.05, 0.1) is 16.3 Å². The minimum Gasteiger partial charge on any atom is -0.340 e. The molecule has 0 spiro atoms. The Morgan fingerprint density at radius 1 is 1.44 bits per heavy atom. The summed E-state index contributed by atoms with van der Waals surface area (Å²) in [6, 6.07) is 3.61. The second kappa shape index (κ2) is 7.58. The molecule has 0 unspecified atom stereocenters. The van der Waals surface area contributed by atoms with E-state index in [1.165, 1.54) is 0 Å². The van der Waals surface area contributed by atoms with Gasteiger partial charge in [-0.05, 0) is 32.4 Å².